The number of aryl methyl sites for hydroxylation is 1. The monoisotopic (exact) mass is 581 g/mol. The SMILES string of the molecule is Cc1ccc(Cl)cc1N(CCCC(=O)N(Cc1ccc(Cl)cc1)C(C)C(=O)NC1CCCCC1)S(C)(=O)=O. The second-order valence-corrected chi connectivity index (χ2v) is 12.8. The summed E-state index contributed by atoms with van der Waals surface area (Å²) in [6, 6.07) is 11.7. The molecule has 0 bridgehead atoms. The second kappa shape index (κ2) is 13.7. The number of hydrogen-bond acceptors (Lipinski definition) is 4. The fourth-order valence-corrected chi connectivity index (χ4v) is 6.08. The van der Waals surface area contributed by atoms with Crippen molar-refractivity contribution in [2.45, 2.75) is 77.4 Å². The molecule has 0 aliphatic heterocycles. The van der Waals surface area contributed by atoms with Crippen molar-refractivity contribution in [2.24, 2.45) is 0 Å². The van der Waals surface area contributed by atoms with Gasteiger partial charge in [-0.25, -0.2) is 8.42 Å². The summed E-state index contributed by atoms with van der Waals surface area (Å²) in [5, 5.41) is 4.14. The van der Waals surface area contributed by atoms with Gasteiger partial charge in [-0.05, 0) is 68.5 Å². The molecular weight excluding hydrogens is 545 g/mol. The largest absolute Gasteiger partial charge is 0.352 e. The van der Waals surface area contributed by atoms with Gasteiger partial charge in [-0.15, -0.1) is 0 Å². The fourth-order valence-electron chi connectivity index (χ4n) is 4.77. The highest BCUT2D eigenvalue weighted by atomic mass is 35.5. The van der Waals surface area contributed by atoms with E-state index in [2.05, 4.69) is 5.32 Å². The maximum atomic E-state index is 13.5. The third kappa shape index (κ3) is 8.61. The number of benzene rings is 2. The minimum atomic E-state index is -3.60. The van der Waals surface area contributed by atoms with Gasteiger partial charge < -0.3 is 10.2 Å². The molecule has 1 aliphatic rings. The number of sulfonamides is 1. The van der Waals surface area contributed by atoms with Gasteiger partial charge in [0.1, 0.15) is 6.04 Å². The van der Waals surface area contributed by atoms with Crippen LogP contribution in [0.25, 0.3) is 0 Å². The standard InChI is InChI=1S/C28H37Cl2N3O4S/c1-20-11-14-24(30)18-26(20)33(38(3,36)37)17-7-10-27(34)32(19-22-12-15-23(29)16-13-22)21(2)28(35)31-25-8-5-4-6-9-25/h11-16,18,21,25H,4-10,17,19H2,1-3H3,(H,31,35). The molecule has 1 fully saturated rings. The molecule has 7 nitrogen and oxygen atoms in total. The molecule has 0 spiro atoms. The Morgan fingerprint density at radius 3 is 2.29 bits per heavy atom. The number of rotatable bonds is 11. The molecule has 208 valence electrons. The third-order valence-electron chi connectivity index (χ3n) is 6.98. The summed E-state index contributed by atoms with van der Waals surface area (Å²) in [5.74, 6) is -0.394. The summed E-state index contributed by atoms with van der Waals surface area (Å²) in [6.45, 7) is 3.92. The first kappa shape index (κ1) is 30.3. The van der Waals surface area contributed by atoms with E-state index in [0.29, 0.717) is 15.7 Å². The molecule has 10 heteroatoms. The number of nitrogens with zero attached hydrogens (tertiary/aromatic N) is 2. The number of hydrogen-bond donors (Lipinski definition) is 1. The average Bonchev–Trinajstić information content (AvgIpc) is 2.87. The number of halogens is 2. The predicted molar refractivity (Wildman–Crippen MR) is 154 cm³/mol. The molecule has 2 aromatic rings. The maximum Gasteiger partial charge on any atom is 0.242 e. The highest BCUT2D eigenvalue weighted by Crippen LogP contribution is 2.27. The molecule has 1 saturated carbocycles. The van der Waals surface area contributed by atoms with E-state index in [9.17, 15) is 18.0 Å². The predicted octanol–water partition coefficient (Wildman–Crippen LogP) is 5.71. The fraction of sp³-hybridized carbons (Fsp3) is 0.500. The molecule has 1 aliphatic carbocycles. The molecule has 2 aromatic carbocycles. The van der Waals surface area contributed by atoms with Crippen LogP contribution in [-0.4, -0.2) is 50.0 Å². The van der Waals surface area contributed by atoms with E-state index in [1.165, 1.54) is 10.7 Å². The Morgan fingerprint density at radius 1 is 1.03 bits per heavy atom. The number of amides is 2. The summed E-state index contributed by atoms with van der Waals surface area (Å²) in [5.41, 5.74) is 2.11. The molecule has 0 saturated heterocycles. The zero-order valence-corrected chi connectivity index (χ0v) is 24.6. The van der Waals surface area contributed by atoms with Crippen molar-refractivity contribution in [2.75, 3.05) is 17.1 Å². The molecule has 0 radical (unpaired) electrons. The van der Waals surface area contributed by atoms with Gasteiger partial charge in [0.15, 0.2) is 0 Å². The van der Waals surface area contributed by atoms with Crippen LogP contribution in [0.3, 0.4) is 0 Å². The zero-order valence-electron chi connectivity index (χ0n) is 22.3. The summed E-state index contributed by atoms with van der Waals surface area (Å²) in [6.07, 6.45) is 6.78. The van der Waals surface area contributed by atoms with Crippen LogP contribution in [0.4, 0.5) is 5.69 Å². The van der Waals surface area contributed by atoms with Crippen LogP contribution < -0.4 is 9.62 Å². The molecule has 38 heavy (non-hydrogen) atoms. The first-order valence-electron chi connectivity index (χ1n) is 13.0. The molecule has 1 N–H and O–H groups in total. The van der Waals surface area contributed by atoms with Gasteiger partial charge in [-0.3, -0.25) is 13.9 Å². The Balaban J connectivity index is 1.73. The van der Waals surface area contributed by atoms with Gasteiger partial charge in [-0.1, -0.05) is 60.7 Å². The molecule has 3 rings (SSSR count). The number of anilines is 1. The van der Waals surface area contributed by atoms with E-state index in [1.54, 1.807) is 42.2 Å². The number of carbonyl (C=O) groups excluding carboxylic acids is 2. The van der Waals surface area contributed by atoms with E-state index in [4.69, 9.17) is 23.2 Å². The quantitative estimate of drug-likeness (QED) is 0.368. The van der Waals surface area contributed by atoms with Crippen molar-refractivity contribution in [3.05, 3.63) is 63.6 Å². The van der Waals surface area contributed by atoms with Crippen LogP contribution in [0.1, 0.15) is 63.0 Å². The Hall–Kier alpha value is -2.29. The van der Waals surface area contributed by atoms with Gasteiger partial charge in [-0.2, -0.15) is 0 Å². The van der Waals surface area contributed by atoms with Crippen molar-refractivity contribution >= 4 is 50.7 Å². The van der Waals surface area contributed by atoms with Gasteiger partial charge in [0.05, 0.1) is 11.9 Å². The van der Waals surface area contributed by atoms with Crippen LogP contribution >= 0.6 is 23.2 Å². The summed E-state index contributed by atoms with van der Waals surface area (Å²) in [4.78, 5) is 28.2. The number of nitrogens with one attached hydrogen (secondary N) is 1. The zero-order chi connectivity index (χ0) is 27.9. The topological polar surface area (TPSA) is 86.8 Å². The van der Waals surface area contributed by atoms with Crippen LogP contribution in [0.15, 0.2) is 42.5 Å². The lowest BCUT2D eigenvalue weighted by molar-refractivity contribution is -0.141. The summed E-state index contributed by atoms with van der Waals surface area (Å²) < 4.78 is 26.5. The minimum absolute atomic E-state index is 0.0836. The molecular formula is C28H37Cl2N3O4S. The Bertz CT molecular complexity index is 1220. The third-order valence-corrected chi connectivity index (χ3v) is 8.64. The first-order chi connectivity index (χ1) is 18.0. The van der Waals surface area contributed by atoms with Crippen LogP contribution in [0.5, 0.6) is 0 Å². The van der Waals surface area contributed by atoms with Crippen molar-refractivity contribution in [3.63, 3.8) is 0 Å². The van der Waals surface area contributed by atoms with Crippen molar-refractivity contribution in [1.29, 1.82) is 0 Å². The lowest BCUT2D eigenvalue weighted by Gasteiger charge is -2.31. The van der Waals surface area contributed by atoms with Crippen molar-refractivity contribution < 1.29 is 18.0 Å². The van der Waals surface area contributed by atoms with Gasteiger partial charge in [0, 0.05) is 35.6 Å². The Labute approximate surface area is 236 Å². The minimum Gasteiger partial charge on any atom is -0.352 e. The van der Waals surface area contributed by atoms with Crippen LogP contribution in [0.2, 0.25) is 10.0 Å². The van der Waals surface area contributed by atoms with Crippen molar-refractivity contribution in [3.8, 4) is 0 Å². The lowest BCUT2D eigenvalue weighted by atomic mass is 9.95. The van der Waals surface area contributed by atoms with E-state index in [-0.39, 0.29) is 43.8 Å². The smallest absolute Gasteiger partial charge is 0.242 e. The highest BCUT2D eigenvalue weighted by Gasteiger charge is 2.28. The normalized spacial score (nSPS) is 15.1. The molecule has 2 amide bonds. The Morgan fingerprint density at radius 2 is 1.66 bits per heavy atom. The average molecular weight is 583 g/mol. The Kier molecular flexibility index (Phi) is 10.9. The van der Waals surface area contributed by atoms with Gasteiger partial charge in [0.25, 0.3) is 0 Å². The molecule has 0 heterocycles. The maximum absolute atomic E-state index is 13.5. The lowest BCUT2D eigenvalue weighted by Crippen LogP contribution is -2.50. The molecule has 1 unspecified atom stereocenters. The highest BCUT2D eigenvalue weighted by molar-refractivity contribution is 7.92. The van der Waals surface area contributed by atoms with Gasteiger partial charge in [0.2, 0.25) is 21.8 Å². The number of carbonyl (C=O) groups is 2. The second-order valence-electron chi connectivity index (χ2n) is 10.0. The van der Waals surface area contributed by atoms with E-state index in [1.807, 2.05) is 19.1 Å². The summed E-state index contributed by atoms with van der Waals surface area (Å²) >= 11 is 12.2. The van der Waals surface area contributed by atoms with Crippen LogP contribution in [0, 0.1) is 6.92 Å². The first-order valence-corrected chi connectivity index (χ1v) is 15.6. The van der Waals surface area contributed by atoms with E-state index >= 15 is 0 Å². The van der Waals surface area contributed by atoms with Crippen molar-refractivity contribution in [1.82, 2.24) is 10.2 Å². The summed E-state index contributed by atoms with van der Waals surface area (Å²) in [7, 11) is -3.60. The van der Waals surface area contributed by atoms with Gasteiger partial charge >= 0.3 is 0 Å². The van der Waals surface area contributed by atoms with Crippen LogP contribution in [-0.2, 0) is 26.2 Å². The van der Waals surface area contributed by atoms with E-state index in [0.717, 1.165) is 43.1 Å². The molecule has 1 atom stereocenters. The van der Waals surface area contributed by atoms with E-state index < -0.39 is 16.1 Å². The molecule has 0 aromatic heterocycles.